The number of hydrogen-bond acceptors (Lipinski definition) is 4. The van der Waals surface area contributed by atoms with E-state index in [0.29, 0.717) is 19.6 Å². The topological polar surface area (TPSA) is 52.6 Å². The van der Waals surface area contributed by atoms with Gasteiger partial charge in [0.2, 0.25) is 0 Å². The number of hydrogen-bond donors (Lipinski definition) is 0. The highest BCUT2D eigenvalue weighted by Gasteiger charge is 2.23. The Bertz CT molecular complexity index is 251. The van der Waals surface area contributed by atoms with E-state index in [2.05, 4.69) is 6.92 Å². The number of carbonyl (C=O) groups excluding carboxylic acids is 2. The molecule has 0 aromatic heterocycles. The third-order valence-corrected chi connectivity index (χ3v) is 2.82. The Labute approximate surface area is 116 Å². The predicted octanol–water partition coefficient (Wildman–Crippen LogP) is 3.48. The van der Waals surface area contributed by atoms with Gasteiger partial charge in [0.1, 0.15) is 0 Å². The van der Waals surface area contributed by atoms with Gasteiger partial charge in [-0.15, -0.1) is 0 Å². The summed E-state index contributed by atoms with van der Waals surface area (Å²) in [5, 5.41) is 0. The molecule has 0 radical (unpaired) electrons. The highest BCUT2D eigenvalue weighted by molar-refractivity contribution is 5.79. The van der Waals surface area contributed by atoms with Crippen LogP contribution >= 0.6 is 0 Å². The molecule has 0 fully saturated rings. The maximum absolute atomic E-state index is 11.9. The maximum Gasteiger partial charge on any atom is 0.309 e. The molecule has 0 bridgehead atoms. The van der Waals surface area contributed by atoms with Gasteiger partial charge < -0.3 is 9.47 Å². The van der Waals surface area contributed by atoms with Crippen LogP contribution in [0.25, 0.3) is 0 Å². The van der Waals surface area contributed by atoms with Crippen LogP contribution in [-0.2, 0) is 19.1 Å². The largest absolute Gasteiger partial charge is 0.466 e. The molecule has 1 unspecified atom stereocenters. The van der Waals surface area contributed by atoms with Crippen LogP contribution in [0.15, 0.2) is 0 Å². The average Bonchev–Trinajstić information content (AvgIpc) is 2.41. The van der Waals surface area contributed by atoms with Crippen LogP contribution in [-0.4, -0.2) is 25.2 Å². The van der Waals surface area contributed by atoms with Gasteiger partial charge in [0.05, 0.1) is 25.6 Å². The Morgan fingerprint density at radius 3 is 2.11 bits per heavy atom. The second-order valence-corrected chi connectivity index (χ2v) is 4.78. The summed E-state index contributed by atoms with van der Waals surface area (Å²) in [4.78, 5) is 23.5. The molecule has 1 atom stereocenters. The van der Waals surface area contributed by atoms with Gasteiger partial charge in [0, 0.05) is 0 Å². The van der Waals surface area contributed by atoms with Crippen molar-refractivity contribution in [3.63, 3.8) is 0 Å². The van der Waals surface area contributed by atoms with E-state index in [9.17, 15) is 9.59 Å². The van der Waals surface area contributed by atoms with Crippen LogP contribution in [0, 0.1) is 5.92 Å². The monoisotopic (exact) mass is 272 g/mol. The number of rotatable bonds is 11. The van der Waals surface area contributed by atoms with Crippen molar-refractivity contribution in [3.05, 3.63) is 0 Å². The molecule has 0 N–H and O–H groups in total. The van der Waals surface area contributed by atoms with E-state index >= 15 is 0 Å². The third kappa shape index (κ3) is 9.51. The van der Waals surface area contributed by atoms with Gasteiger partial charge in [-0.3, -0.25) is 9.59 Å². The molecule has 112 valence electrons. The van der Waals surface area contributed by atoms with Crippen LogP contribution in [0.3, 0.4) is 0 Å². The third-order valence-electron chi connectivity index (χ3n) is 2.82. The maximum atomic E-state index is 11.9. The normalized spacial score (nSPS) is 11.9. The Hall–Kier alpha value is -1.06. The van der Waals surface area contributed by atoms with Crippen molar-refractivity contribution < 1.29 is 19.1 Å². The summed E-state index contributed by atoms with van der Waals surface area (Å²) >= 11 is 0. The standard InChI is InChI=1S/C15H28O4/c1-4-7-8-9-13(15(17)19-11-6-3)12-14(16)18-10-5-2/h13H,4-12H2,1-3H3. The molecule has 0 saturated carbocycles. The summed E-state index contributed by atoms with van der Waals surface area (Å²) in [6.45, 7) is 6.86. The fraction of sp³-hybridized carbons (Fsp3) is 0.867. The van der Waals surface area contributed by atoms with Crippen molar-refractivity contribution in [2.45, 2.75) is 65.7 Å². The first-order valence-electron chi connectivity index (χ1n) is 7.47. The first-order chi connectivity index (χ1) is 9.15. The van der Waals surface area contributed by atoms with Gasteiger partial charge in [-0.25, -0.2) is 0 Å². The van der Waals surface area contributed by atoms with E-state index in [1.165, 1.54) is 0 Å². The Balaban J connectivity index is 4.22. The molecule has 0 amide bonds. The Kier molecular flexibility index (Phi) is 11.3. The van der Waals surface area contributed by atoms with Crippen molar-refractivity contribution in [3.8, 4) is 0 Å². The number of unbranched alkanes of at least 4 members (excludes halogenated alkanes) is 2. The summed E-state index contributed by atoms with van der Waals surface area (Å²) < 4.78 is 10.2. The van der Waals surface area contributed by atoms with Crippen LogP contribution < -0.4 is 0 Å². The van der Waals surface area contributed by atoms with Crippen molar-refractivity contribution in [1.82, 2.24) is 0 Å². The van der Waals surface area contributed by atoms with Crippen LogP contribution in [0.1, 0.15) is 65.7 Å². The minimum Gasteiger partial charge on any atom is -0.466 e. The fourth-order valence-corrected chi connectivity index (χ4v) is 1.74. The van der Waals surface area contributed by atoms with E-state index in [1.807, 2.05) is 13.8 Å². The molecule has 0 aliphatic heterocycles. The lowest BCUT2D eigenvalue weighted by Crippen LogP contribution is -2.22. The van der Waals surface area contributed by atoms with Gasteiger partial charge in [0.25, 0.3) is 0 Å². The highest BCUT2D eigenvalue weighted by atomic mass is 16.5. The zero-order valence-electron chi connectivity index (χ0n) is 12.6. The Morgan fingerprint density at radius 1 is 0.895 bits per heavy atom. The van der Waals surface area contributed by atoms with Crippen molar-refractivity contribution in [2.24, 2.45) is 5.92 Å². The summed E-state index contributed by atoms with van der Waals surface area (Å²) in [5.41, 5.74) is 0. The molecule has 0 aromatic rings. The zero-order chi connectivity index (χ0) is 14.5. The molecular weight excluding hydrogens is 244 g/mol. The second kappa shape index (κ2) is 12.0. The molecular formula is C15H28O4. The minimum atomic E-state index is -0.345. The lowest BCUT2D eigenvalue weighted by atomic mass is 9.98. The minimum absolute atomic E-state index is 0.145. The van der Waals surface area contributed by atoms with E-state index in [0.717, 1.165) is 32.1 Å². The zero-order valence-corrected chi connectivity index (χ0v) is 12.6. The van der Waals surface area contributed by atoms with Crippen LogP contribution in [0.5, 0.6) is 0 Å². The molecule has 19 heavy (non-hydrogen) atoms. The summed E-state index contributed by atoms with van der Waals surface area (Å²) in [6.07, 6.45) is 5.56. The average molecular weight is 272 g/mol. The van der Waals surface area contributed by atoms with E-state index in [4.69, 9.17) is 9.47 Å². The molecule has 0 aliphatic carbocycles. The summed E-state index contributed by atoms with van der Waals surface area (Å²) in [6, 6.07) is 0. The quantitative estimate of drug-likeness (QED) is 0.427. The van der Waals surface area contributed by atoms with Gasteiger partial charge in [-0.05, 0) is 19.3 Å². The predicted molar refractivity (Wildman–Crippen MR) is 74.7 cm³/mol. The first kappa shape index (κ1) is 17.9. The van der Waals surface area contributed by atoms with Gasteiger partial charge >= 0.3 is 11.9 Å². The van der Waals surface area contributed by atoms with Gasteiger partial charge in [-0.1, -0.05) is 40.0 Å². The second-order valence-electron chi connectivity index (χ2n) is 4.78. The SMILES string of the molecule is CCCCCC(CC(=O)OCCC)C(=O)OCCC. The van der Waals surface area contributed by atoms with E-state index in [-0.39, 0.29) is 24.3 Å². The molecule has 0 rings (SSSR count). The van der Waals surface area contributed by atoms with Crippen molar-refractivity contribution >= 4 is 11.9 Å². The number of ether oxygens (including phenoxy) is 2. The van der Waals surface area contributed by atoms with Crippen LogP contribution in [0.4, 0.5) is 0 Å². The van der Waals surface area contributed by atoms with E-state index in [1.54, 1.807) is 0 Å². The molecule has 0 saturated heterocycles. The molecule has 0 heterocycles. The fourth-order valence-electron chi connectivity index (χ4n) is 1.74. The molecule has 4 nitrogen and oxygen atoms in total. The van der Waals surface area contributed by atoms with Crippen molar-refractivity contribution in [1.29, 1.82) is 0 Å². The molecule has 0 aromatic carbocycles. The highest BCUT2D eigenvalue weighted by Crippen LogP contribution is 2.17. The lowest BCUT2D eigenvalue weighted by molar-refractivity contribution is -0.155. The Morgan fingerprint density at radius 2 is 1.53 bits per heavy atom. The van der Waals surface area contributed by atoms with Gasteiger partial charge in [0.15, 0.2) is 0 Å². The molecule has 4 heteroatoms. The summed E-state index contributed by atoms with van der Waals surface area (Å²) in [5.74, 6) is -0.898. The number of esters is 2. The summed E-state index contributed by atoms with van der Waals surface area (Å²) in [7, 11) is 0. The number of carbonyl (C=O) groups is 2. The first-order valence-corrected chi connectivity index (χ1v) is 7.47. The van der Waals surface area contributed by atoms with Crippen LogP contribution in [0.2, 0.25) is 0 Å². The van der Waals surface area contributed by atoms with Gasteiger partial charge in [-0.2, -0.15) is 0 Å². The van der Waals surface area contributed by atoms with Crippen molar-refractivity contribution in [2.75, 3.05) is 13.2 Å². The molecule has 0 spiro atoms. The lowest BCUT2D eigenvalue weighted by Gasteiger charge is -2.15. The van der Waals surface area contributed by atoms with E-state index < -0.39 is 0 Å². The molecule has 0 aliphatic rings. The smallest absolute Gasteiger partial charge is 0.309 e.